The third-order valence-corrected chi connectivity index (χ3v) is 6.82. The quantitative estimate of drug-likeness (QED) is 0.321. The van der Waals surface area contributed by atoms with Gasteiger partial charge in [0.15, 0.2) is 6.61 Å². The summed E-state index contributed by atoms with van der Waals surface area (Å²) in [6, 6.07) is 13.2. The Labute approximate surface area is 183 Å². The van der Waals surface area contributed by atoms with E-state index in [0.717, 1.165) is 21.7 Å². The molecule has 4 aromatic rings. The Hall–Kier alpha value is -3.22. The molecular weight excluding hydrogens is 445 g/mol. The maximum absolute atomic E-state index is 13.6. The molecule has 4 rings (SSSR count). The maximum atomic E-state index is 13.6. The zero-order valence-corrected chi connectivity index (χ0v) is 17.6. The summed E-state index contributed by atoms with van der Waals surface area (Å²) in [4.78, 5) is 17.8. The van der Waals surface area contributed by atoms with E-state index in [0.29, 0.717) is 9.75 Å². The summed E-state index contributed by atoms with van der Waals surface area (Å²) in [6.07, 6.45) is -4.77. The third-order valence-electron chi connectivity index (χ3n) is 4.61. The molecule has 3 aromatic heterocycles. The lowest BCUT2D eigenvalue weighted by molar-refractivity contribution is -0.137. The average molecular weight is 458 g/mol. The second kappa shape index (κ2) is 8.13. The van der Waals surface area contributed by atoms with Crippen LogP contribution in [0.3, 0.4) is 0 Å². The number of hydrogen-bond donors (Lipinski definition) is 0. The van der Waals surface area contributed by atoms with Crippen molar-refractivity contribution in [2.75, 3.05) is 6.61 Å². The molecule has 3 heterocycles. The third kappa shape index (κ3) is 4.04. The number of benzene rings is 1. The van der Waals surface area contributed by atoms with Gasteiger partial charge in [0, 0.05) is 4.70 Å². The molecule has 0 aliphatic heterocycles. The van der Waals surface area contributed by atoms with Gasteiger partial charge < -0.3 is 4.74 Å². The summed E-state index contributed by atoms with van der Waals surface area (Å²) < 4.78 is 47.1. The molecule has 0 aliphatic rings. The van der Waals surface area contributed by atoms with Crippen LogP contribution in [0.4, 0.5) is 13.2 Å². The number of halogens is 3. The van der Waals surface area contributed by atoms with Crippen molar-refractivity contribution in [3.8, 4) is 22.5 Å². The van der Waals surface area contributed by atoms with Gasteiger partial charge >= 0.3 is 6.18 Å². The van der Waals surface area contributed by atoms with E-state index in [9.17, 15) is 23.2 Å². The van der Waals surface area contributed by atoms with E-state index in [1.165, 1.54) is 28.7 Å². The first-order chi connectivity index (χ1) is 14.8. The summed E-state index contributed by atoms with van der Waals surface area (Å²) >= 11 is 2.50. The predicted octanol–water partition coefficient (Wildman–Crippen LogP) is 6.49. The molecular formula is C22H13F3N2O2S2. The number of ether oxygens (including phenoxy) is 1. The molecule has 0 aliphatic carbocycles. The van der Waals surface area contributed by atoms with Crippen LogP contribution in [0.2, 0.25) is 0 Å². The van der Waals surface area contributed by atoms with E-state index >= 15 is 0 Å². The first-order valence-corrected chi connectivity index (χ1v) is 10.7. The fourth-order valence-corrected chi connectivity index (χ4v) is 4.97. The van der Waals surface area contributed by atoms with Crippen molar-refractivity contribution in [3.63, 3.8) is 0 Å². The highest BCUT2D eigenvalue weighted by atomic mass is 32.1. The standard InChI is InChI=1S/C22H13F3N2O2S2/c1-12-13-5-2-3-6-18(13)31-20(12)17(28)11-29-21-14(10-26)15(22(23,24)25)9-16(27-21)19-7-4-8-30-19/h2-9H,11H2,1H3. The number of hydrogen-bond acceptors (Lipinski definition) is 6. The summed E-state index contributed by atoms with van der Waals surface area (Å²) in [7, 11) is 0. The van der Waals surface area contributed by atoms with Crippen molar-refractivity contribution in [1.82, 2.24) is 4.98 Å². The summed E-state index contributed by atoms with van der Waals surface area (Å²) in [6.45, 7) is 1.28. The van der Waals surface area contributed by atoms with Crippen molar-refractivity contribution in [2.45, 2.75) is 13.1 Å². The number of thiophene rings is 2. The molecule has 9 heteroatoms. The van der Waals surface area contributed by atoms with Gasteiger partial charge in [0.1, 0.15) is 11.6 Å². The minimum absolute atomic E-state index is 0.0295. The first kappa shape index (κ1) is 21.0. The number of alkyl halides is 3. The number of fused-ring (bicyclic) bond motifs is 1. The van der Waals surface area contributed by atoms with Crippen molar-refractivity contribution in [2.24, 2.45) is 0 Å². The molecule has 0 unspecified atom stereocenters. The van der Waals surface area contributed by atoms with Crippen LogP contribution in [0.1, 0.15) is 26.4 Å². The number of nitrogens with zero attached hydrogens (tertiary/aromatic N) is 2. The number of carbonyl (C=O) groups is 1. The molecule has 0 N–H and O–H groups in total. The Morgan fingerprint density at radius 2 is 2.00 bits per heavy atom. The van der Waals surface area contributed by atoms with Crippen molar-refractivity contribution in [1.29, 1.82) is 5.26 Å². The fourth-order valence-electron chi connectivity index (χ4n) is 3.15. The largest absolute Gasteiger partial charge is 0.468 e. The Morgan fingerprint density at radius 3 is 2.65 bits per heavy atom. The minimum Gasteiger partial charge on any atom is -0.468 e. The second-order valence-electron chi connectivity index (χ2n) is 6.59. The number of carbonyl (C=O) groups excluding carboxylic acids is 1. The first-order valence-electron chi connectivity index (χ1n) is 9.00. The van der Waals surface area contributed by atoms with E-state index in [-0.39, 0.29) is 11.5 Å². The van der Waals surface area contributed by atoms with Crippen LogP contribution in [0, 0.1) is 18.3 Å². The Bertz CT molecular complexity index is 1320. The normalized spacial score (nSPS) is 11.5. The minimum atomic E-state index is -4.77. The number of Topliss-reactive ketones (excluding diaryl/α,β-unsaturated/α-hetero) is 1. The van der Waals surface area contributed by atoms with Crippen LogP contribution in [0.15, 0.2) is 47.8 Å². The molecule has 0 bridgehead atoms. The number of aromatic nitrogens is 1. The number of rotatable bonds is 5. The average Bonchev–Trinajstić information content (AvgIpc) is 3.39. The molecule has 0 saturated carbocycles. The highest BCUT2D eigenvalue weighted by Crippen LogP contribution is 2.38. The fraction of sp³-hybridized carbons (Fsp3) is 0.136. The number of pyridine rings is 1. The van der Waals surface area contributed by atoms with Crippen molar-refractivity contribution >= 4 is 38.5 Å². The zero-order valence-electron chi connectivity index (χ0n) is 16.0. The SMILES string of the molecule is Cc1c(C(=O)COc2nc(-c3cccs3)cc(C(F)(F)F)c2C#N)sc2ccccc12. The van der Waals surface area contributed by atoms with Crippen molar-refractivity contribution < 1.29 is 22.7 Å². The number of aryl methyl sites for hydroxylation is 1. The summed E-state index contributed by atoms with van der Waals surface area (Å²) in [5, 5.41) is 12.0. The van der Waals surface area contributed by atoms with Crippen LogP contribution >= 0.6 is 22.7 Å². The summed E-state index contributed by atoms with van der Waals surface area (Å²) in [5.74, 6) is -0.896. The molecule has 1 aromatic carbocycles. The Kier molecular flexibility index (Phi) is 5.52. The van der Waals surface area contributed by atoms with Gasteiger partial charge in [0.2, 0.25) is 11.7 Å². The molecule has 0 radical (unpaired) electrons. The second-order valence-corrected chi connectivity index (χ2v) is 8.59. The Morgan fingerprint density at radius 1 is 1.23 bits per heavy atom. The molecule has 0 saturated heterocycles. The number of nitriles is 1. The van der Waals surface area contributed by atoms with Gasteiger partial charge in [-0.2, -0.15) is 18.4 Å². The van der Waals surface area contributed by atoms with Crippen LogP contribution in [-0.2, 0) is 6.18 Å². The Balaban J connectivity index is 1.70. The predicted molar refractivity (Wildman–Crippen MR) is 114 cm³/mol. The van der Waals surface area contributed by atoms with Gasteiger partial charge in [-0.05, 0) is 41.5 Å². The topological polar surface area (TPSA) is 63.0 Å². The number of ketones is 1. The highest BCUT2D eigenvalue weighted by Gasteiger charge is 2.37. The van der Waals surface area contributed by atoms with Crippen LogP contribution < -0.4 is 4.74 Å². The van der Waals surface area contributed by atoms with Gasteiger partial charge in [-0.3, -0.25) is 4.79 Å². The lowest BCUT2D eigenvalue weighted by Crippen LogP contribution is -2.15. The van der Waals surface area contributed by atoms with Gasteiger partial charge in [-0.1, -0.05) is 24.3 Å². The summed E-state index contributed by atoms with van der Waals surface area (Å²) in [5.41, 5.74) is -1.07. The molecule has 0 fully saturated rings. The van der Waals surface area contributed by atoms with E-state index in [2.05, 4.69) is 4.98 Å². The van der Waals surface area contributed by atoms with E-state index in [4.69, 9.17) is 4.74 Å². The maximum Gasteiger partial charge on any atom is 0.417 e. The van der Waals surface area contributed by atoms with Crippen LogP contribution in [0.5, 0.6) is 5.88 Å². The zero-order chi connectivity index (χ0) is 22.2. The molecule has 0 spiro atoms. The molecule has 4 nitrogen and oxygen atoms in total. The van der Waals surface area contributed by atoms with E-state index in [1.54, 1.807) is 17.5 Å². The van der Waals surface area contributed by atoms with Gasteiger partial charge in [-0.15, -0.1) is 22.7 Å². The molecule has 0 atom stereocenters. The molecule has 31 heavy (non-hydrogen) atoms. The lowest BCUT2D eigenvalue weighted by atomic mass is 10.1. The van der Waals surface area contributed by atoms with Gasteiger partial charge in [0.25, 0.3) is 0 Å². The molecule has 156 valence electrons. The van der Waals surface area contributed by atoms with E-state index < -0.39 is 29.8 Å². The lowest BCUT2D eigenvalue weighted by Gasteiger charge is -2.14. The van der Waals surface area contributed by atoms with Gasteiger partial charge in [-0.25, -0.2) is 4.98 Å². The smallest absolute Gasteiger partial charge is 0.417 e. The monoisotopic (exact) mass is 458 g/mol. The van der Waals surface area contributed by atoms with E-state index in [1.807, 2.05) is 31.2 Å². The molecule has 0 amide bonds. The highest BCUT2D eigenvalue weighted by molar-refractivity contribution is 7.21. The van der Waals surface area contributed by atoms with Crippen LogP contribution in [0.25, 0.3) is 20.7 Å². The van der Waals surface area contributed by atoms with Crippen LogP contribution in [-0.4, -0.2) is 17.4 Å². The van der Waals surface area contributed by atoms with Crippen molar-refractivity contribution in [3.05, 3.63) is 69.4 Å². The van der Waals surface area contributed by atoms with Gasteiger partial charge in [0.05, 0.1) is 21.0 Å².